The summed E-state index contributed by atoms with van der Waals surface area (Å²) in [5.74, 6) is -0.869. The number of hydrogen-bond donors (Lipinski definition) is 1. The molecular formula is C12H15F2N. The Labute approximate surface area is 88.3 Å². The average Bonchev–Trinajstić information content (AvgIpc) is 2.59. The summed E-state index contributed by atoms with van der Waals surface area (Å²) in [7, 11) is 0. The number of aryl methyl sites for hydroxylation is 1. The quantitative estimate of drug-likeness (QED) is 0.759. The number of hydrogen-bond acceptors (Lipinski definition) is 1. The molecule has 3 heteroatoms. The zero-order valence-electron chi connectivity index (χ0n) is 8.76. The Hall–Kier alpha value is -0.960. The Morgan fingerprint density at radius 3 is 2.60 bits per heavy atom. The van der Waals surface area contributed by atoms with Crippen LogP contribution in [0.2, 0.25) is 0 Å². The number of rotatable bonds is 1. The van der Waals surface area contributed by atoms with Crippen molar-refractivity contribution in [2.75, 3.05) is 0 Å². The summed E-state index contributed by atoms with van der Waals surface area (Å²) in [6.45, 7) is 1.66. The molecule has 1 aromatic carbocycles. The SMILES string of the molecule is Cc1ccc(F)c(C2CCC(N)C2)c1F. The van der Waals surface area contributed by atoms with Gasteiger partial charge in [-0.3, -0.25) is 0 Å². The minimum absolute atomic E-state index is 0.0418. The van der Waals surface area contributed by atoms with Gasteiger partial charge in [0, 0.05) is 11.6 Å². The van der Waals surface area contributed by atoms with Crippen molar-refractivity contribution in [3.63, 3.8) is 0 Å². The normalized spacial score (nSPS) is 25.9. The lowest BCUT2D eigenvalue weighted by Gasteiger charge is -2.13. The van der Waals surface area contributed by atoms with Gasteiger partial charge in [0.1, 0.15) is 11.6 Å². The molecule has 2 N–H and O–H groups in total. The fourth-order valence-electron chi connectivity index (χ4n) is 2.33. The van der Waals surface area contributed by atoms with Crippen molar-refractivity contribution in [1.29, 1.82) is 0 Å². The molecule has 2 rings (SSSR count). The summed E-state index contributed by atoms with van der Waals surface area (Å²) < 4.78 is 27.3. The van der Waals surface area contributed by atoms with Gasteiger partial charge in [0.05, 0.1) is 0 Å². The van der Waals surface area contributed by atoms with Gasteiger partial charge in [-0.15, -0.1) is 0 Å². The van der Waals surface area contributed by atoms with Gasteiger partial charge in [-0.1, -0.05) is 6.07 Å². The topological polar surface area (TPSA) is 26.0 Å². The zero-order valence-corrected chi connectivity index (χ0v) is 8.76. The van der Waals surface area contributed by atoms with Crippen LogP contribution in [-0.4, -0.2) is 6.04 Å². The van der Waals surface area contributed by atoms with E-state index in [1.54, 1.807) is 6.92 Å². The monoisotopic (exact) mass is 211 g/mol. The fraction of sp³-hybridized carbons (Fsp3) is 0.500. The molecule has 1 saturated carbocycles. The van der Waals surface area contributed by atoms with Crippen molar-refractivity contribution in [1.82, 2.24) is 0 Å². The Morgan fingerprint density at radius 1 is 1.27 bits per heavy atom. The number of nitrogens with two attached hydrogens (primary N) is 1. The van der Waals surface area contributed by atoms with Crippen molar-refractivity contribution in [2.45, 2.75) is 38.1 Å². The lowest BCUT2D eigenvalue weighted by Crippen LogP contribution is -2.15. The minimum atomic E-state index is -0.433. The molecule has 1 nitrogen and oxygen atoms in total. The van der Waals surface area contributed by atoms with Crippen molar-refractivity contribution < 1.29 is 8.78 Å². The summed E-state index contributed by atoms with van der Waals surface area (Å²) in [5.41, 5.74) is 6.50. The van der Waals surface area contributed by atoms with Gasteiger partial charge in [-0.25, -0.2) is 8.78 Å². The molecule has 0 saturated heterocycles. The van der Waals surface area contributed by atoms with E-state index in [1.807, 2.05) is 0 Å². The van der Waals surface area contributed by atoms with Crippen LogP contribution in [0.25, 0.3) is 0 Å². The minimum Gasteiger partial charge on any atom is -0.328 e. The molecule has 82 valence electrons. The third-order valence-corrected chi connectivity index (χ3v) is 3.20. The van der Waals surface area contributed by atoms with Crippen LogP contribution in [0.3, 0.4) is 0 Å². The summed E-state index contributed by atoms with van der Waals surface area (Å²) in [6.07, 6.45) is 2.34. The van der Waals surface area contributed by atoms with Crippen LogP contribution in [0.4, 0.5) is 8.78 Å². The molecule has 2 unspecified atom stereocenters. The Bertz CT molecular complexity index is 376. The first-order valence-electron chi connectivity index (χ1n) is 5.29. The standard InChI is InChI=1S/C12H15F2N/c1-7-2-5-10(13)11(12(7)14)8-3-4-9(15)6-8/h2,5,8-9H,3-4,6,15H2,1H3. The van der Waals surface area contributed by atoms with Crippen LogP contribution in [0.1, 0.15) is 36.3 Å². The highest BCUT2D eigenvalue weighted by Gasteiger charge is 2.28. The average molecular weight is 211 g/mol. The molecule has 0 heterocycles. The maximum atomic E-state index is 13.8. The van der Waals surface area contributed by atoms with Crippen molar-refractivity contribution in [3.05, 3.63) is 34.9 Å². The van der Waals surface area contributed by atoms with Gasteiger partial charge in [0.2, 0.25) is 0 Å². The van der Waals surface area contributed by atoms with Gasteiger partial charge >= 0.3 is 0 Å². The third-order valence-electron chi connectivity index (χ3n) is 3.20. The van der Waals surface area contributed by atoms with E-state index >= 15 is 0 Å². The fourth-order valence-corrected chi connectivity index (χ4v) is 2.33. The highest BCUT2D eigenvalue weighted by molar-refractivity contribution is 5.30. The Balaban J connectivity index is 2.39. The van der Waals surface area contributed by atoms with E-state index in [9.17, 15) is 8.78 Å². The van der Waals surface area contributed by atoms with Gasteiger partial charge in [-0.2, -0.15) is 0 Å². The molecule has 2 atom stereocenters. The summed E-state index contributed by atoms with van der Waals surface area (Å²) in [4.78, 5) is 0. The van der Waals surface area contributed by atoms with Gasteiger partial charge in [0.15, 0.2) is 0 Å². The molecule has 0 radical (unpaired) electrons. The maximum absolute atomic E-state index is 13.8. The summed E-state index contributed by atoms with van der Waals surface area (Å²) in [6, 6.07) is 2.91. The van der Waals surface area contributed by atoms with E-state index < -0.39 is 11.6 Å². The molecule has 1 fully saturated rings. The molecule has 0 amide bonds. The molecule has 1 aliphatic carbocycles. The number of halogens is 2. The summed E-state index contributed by atoms with van der Waals surface area (Å²) >= 11 is 0. The second-order valence-corrected chi connectivity index (χ2v) is 4.36. The number of benzene rings is 1. The lowest BCUT2D eigenvalue weighted by molar-refractivity contribution is 0.517. The Morgan fingerprint density at radius 2 is 2.00 bits per heavy atom. The van der Waals surface area contributed by atoms with E-state index in [4.69, 9.17) is 5.73 Å². The van der Waals surface area contributed by atoms with Crippen LogP contribution in [-0.2, 0) is 0 Å². The van der Waals surface area contributed by atoms with E-state index in [0.29, 0.717) is 12.0 Å². The van der Waals surface area contributed by atoms with Crippen LogP contribution in [0.15, 0.2) is 12.1 Å². The van der Waals surface area contributed by atoms with E-state index in [1.165, 1.54) is 12.1 Å². The molecule has 0 spiro atoms. The second-order valence-electron chi connectivity index (χ2n) is 4.36. The zero-order chi connectivity index (χ0) is 11.0. The van der Waals surface area contributed by atoms with E-state index in [0.717, 1.165) is 12.8 Å². The first-order valence-corrected chi connectivity index (χ1v) is 5.29. The van der Waals surface area contributed by atoms with Gasteiger partial charge < -0.3 is 5.73 Å². The highest BCUT2D eigenvalue weighted by atomic mass is 19.1. The van der Waals surface area contributed by atoms with Crippen LogP contribution in [0.5, 0.6) is 0 Å². The molecule has 1 aromatic rings. The molecule has 15 heavy (non-hydrogen) atoms. The van der Waals surface area contributed by atoms with Crippen LogP contribution < -0.4 is 5.73 Å². The summed E-state index contributed by atoms with van der Waals surface area (Å²) in [5, 5.41) is 0. The molecule has 0 aromatic heterocycles. The second kappa shape index (κ2) is 3.89. The van der Waals surface area contributed by atoms with Crippen molar-refractivity contribution >= 4 is 0 Å². The first kappa shape index (κ1) is 10.6. The van der Waals surface area contributed by atoms with Crippen molar-refractivity contribution in [2.24, 2.45) is 5.73 Å². The maximum Gasteiger partial charge on any atom is 0.132 e. The third kappa shape index (κ3) is 1.88. The highest BCUT2D eigenvalue weighted by Crippen LogP contribution is 2.36. The van der Waals surface area contributed by atoms with E-state index in [2.05, 4.69) is 0 Å². The molecular weight excluding hydrogens is 196 g/mol. The molecule has 1 aliphatic rings. The smallest absolute Gasteiger partial charge is 0.132 e. The van der Waals surface area contributed by atoms with Gasteiger partial charge in [-0.05, 0) is 43.7 Å². The van der Waals surface area contributed by atoms with Crippen LogP contribution in [0, 0.1) is 18.6 Å². The van der Waals surface area contributed by atoms with Crippen molar-refractivity contribution in [3.8, 4) is 0 Å². The Kier molecular flexibility index (Phi) is 2.74. The lowest BCUT2D eigenvalue weighted by atomic mass is 9.94. The largest absolute Gasteiger partial charge is 0.328 e. The van der Waals surface area contributed by atoms with Gasteiger partial charge in [0.25, 0.3) is 0 Å². The predicted octanol–water partition coefficient (Wildman–Crippen LogP) is 2.87. The molecule has 0 bridgehead atoms. The van der Waals surface area contributed by atoms with E-state index in [-0.39, 0.29) is 17.5 Å². The molecule has 0 aliphatic heterocycles. The predicted molar refractivity (Wildman–Crippen MR) is 55.7 cm³/mol. The van der Waals surface area contributed by atoms with Crippen LogP contribution >= 0.6 is 0 Å². The first-order chi connectivity index (χ1) is 7.09.